The van der Waals surface area contributed by atoms with Gasteiger partial charge in [0.2, 0.25) is 0 Å². The maximum Gasteiger partial charge on any atom is 0.323 e. The largest absolute Gasteiger partial charge is 0.323 e. The van der Waals surface area contributed by atoms with Gasteiger partial charge >= 0.3 is 6.03 Å². The standard InChI is InChI=1S/C22H20FN5O/c1-3-28-21-13-24-11-17(18(21)12-25-28)15-7-8-20(19(23)10-15)27-22(29)26-16-6-4-5-14(2)9-16/h4-13H,3H2,1-2H3,(H2,26,27,29). The lowest BCUT2D eigenvalue weighted by Gasteiger charge is -2.10. The Balaban J connectivity index is 1.57. The number of aryl methyl sites for hydroxylation is 2. The van der Waals surface area contributed by atoms with E-state index < -0.39 is 11.8 Å². The summed E-state index contributed by atoms with van der Waals surface area (Å²) in [5, 5.41) is 10.5. The van der Waals surface area contributed by atoms with Gasteiger partial charge in [0.05, 0.1) is 23.6 Å². The van der Waals surface area contributed by atoms with Crippen LogP contribution in [0.1, 0.15) is 12.5 Å². The third kappa shape index (κ3) is 3.80. The van der Waals surface area contributed by atoms with E-state index in [1.807, 2.05) is 36.7 Å². The topological polar surface area (TPSA) is 71.8 Å². The number of aromatic nitrogens is 3. The summed E-state index contributed by atoms with van der Waals surface area (Å²) >= 11 is 0. The number of hydrogen-bond donors (Lipinski definition) is 2. The average Bonchev–Trinajstić information content (AvgIpc) is 3.13. The molecule has 146 valence electrons. The van der Waals surface area contributed by atoms with Crippen molar-refractivity contribution in [3.05, 3.63) is 72.4 Å². The summed E-state index contributed by atoms with van der Waals surface area (Å²) < 4.78 is 16.5. The molecule has 4 rings (SSSR count). The zero-order valence-electron chi connectivity index (χ0n) is 16.1. The summed E-state index contributed by atoms with van der Waals surface area (Å²) in [5.74, 6) is -0.526. The van der Waals surface area contributed by atoms with Crippen LogP contribution in [0, 0.1) is 12.7 Å². The van der Waals surface area contributed by atoms with Gasteiger partial charge in [-0.05, 0) is 49.2 Å². The Morgan fingerprint density at radius 3 is 2.72 bits per heavy atom. The number of halogens is 1. The Kier molecular flexibility index (Phi) is 4.95. The first-order valence-electron chi connectivity index (χ1n) is 9.29. The highest BCUT2D eigenvalue weighted by Gasteiger charge is 2.13. The van der Waals surface area contributed by atoms with Crippen LogP contribution < -0.4 is 10.6 Å². The van der Waals surface area contributed by atoms with Crippen LogP contribution in [-0.2, 0) is 6.54 Å². The number of hydrogen-bond acceptors (Lipinski definition) is 3. The van der Waals surface area contributed by atoms with Gasteiger partial charge in [0.1, 0.15) is 5.82 Å². The lowest BCUT2D eigenvalue weighted by Crippen LogP contribution is -2.20. The molecule has 0 radical (unpaired) electrons. The van der Waals surface area contributed by atoms with E-state index in [9.17, 15) is 9.18 Å². The van der Waals surface area contributed by atoms with Crippen LogP contribution in [0.3, 0.4) is 0 Å². The van der Waals surface area contributed by atoms with Gasteiger partial charge in [0, 0.05) is 29.4 Å². The first kappa shape index (κ1) is 18.6. The highest BCUT2D eigenvalue weighted by molar-refractivity contribution is 6.00. The monoisotopic (exact) mass is 389 g/mol. The molecule has 2 aromatic heterocycles. The van der Waals surface area contributed by atoms with Crippen molar-refractivity contribution in [2.45, 2.75) is 20.4 Å². The van der Waals surface area contributed by atoms with E-state index in [0.29, 0.717) is 11.3 Å². The summed E-state index contributed by atoms with van der Waals surface area (Å²) in [7, 11) is 0. The van der Waals surface area contributed by atoms with Crippen LogP contribution in [0.5, 0.6) is 0 Å². The van der Waals surface area contributed by atoms with Gasteiger partial charge in [-0.2, -0.15) is 5.10 Å². The minimum absolute atomic E-state index is 0.100. The molecule has 7 heteroatoms. The van der Waals surface area contributed by atoms with Gasteiger partial charge in [0.15, 0.2) is 0 Å². The van der Waals surface area contributed by atoms with E-state index in [1.165, 1.54) is 6.07 Å². The summed E-state index contributed by atoms with van der Waals surface area (Å²) in [6.07, 6.45) is 5.20. The summed E-state index contributed by atoms with van der Waals surface area (Å²) in [5.41, 5.74) is 4.11. The van der Waals surface area contributed by atoms with Crippen molar-refractivity contribution < 1.29 is 9.18 Å². The summed E-state index contributed by atoms with van der Waals surface area (Å²) in [6, 6.07) is 11.6. The van der Waals surface area contributed by atoms with E-state index >= 15 is 0 Å². The molecule has 0 unspecified atom stereocenters. The molecule has 0 aliphatic rings. The first-order chi connectivity index (χ1) is 14.0. The van der Waals surface area contributed by atoms with Crippen molar-refractivity contribution >= 4 is 28.3 Å². The van der Waals surface area contributed by atoms with Crippen LogP contribution in [0.2, 0.25) is 0 Å². The highest BCUT2D eigenvalue weighted by atomic mass is 19.1. The molecule has 0 saturated heterocycles. The number of nitrogens with zero attached hydrogens (tertiary/aromatic N) is 3. The molecule has 0 bridgehead atoms. The number of benzene rings is 2. The molecule has 0 spiro atoms. The summed E-state index contributed by atoms with van der Waals surface area (Å²) in [4.78, 5) is 16.5. The van der Waals surface area contributed by atoms with E-state index in [0.717, 1.165) is 28.6 Å². The van der Waals surface area contributed by atoms with Crippen molar-refractivity contribution in [3.8, 4) is 11.1 Å². The molecule has 0 atom stereocenters. The fraction of sp³-hybridized carbons (Fsp3) is 0.136. The molecule has 4 aromatic rings. The minimum atomic E-state index is -0.526. The number of anilines is 2. The van der Waals surface area contributed by atoms with Crippen molar-refractivity contribution in [2.24, 2.45) is 0 Å². The molecule has 6 nitrogen and oxygen atoms in total. The smallest absolute Gasteiger partial charge is 0.308 e. The molecular weight excluding hydrogens is 369 g/mol. The number of urea groups is 1. The predicted octanol–water partition coefficient (Wildman–Crippen LogP) is 5.21. The molecule has 2 N–H and O–H groups in total. The van der Waals surface area contributed by atoms with Crippen LogP contribution in [-0.4, -0.2) is 20.8 Å². The number of pyridine rings is 1. The van der Waals surface area contributed by atoms with Crippen molar-refractivity contribution in [1.82, 2.24) is 14.8 Å². The minimum Gasteiger partial charge on any atom is -0.308 e. The Hall–Kier alpha value is -3.74. The number of rotatable bonds is 4. The Bertz CT molecular complexity index is 1200. The molecule has 0 aliphatic heterocycles. The number of nitrogens with one attached hydrogen (secondary N) is 2. The molecule has 0 saturated carbocycles. The fourth-order valence-corrected chi connectivity index (χ4v) is 3.26. The summed E-state index contributed by atoms with van der Waals surface area (Å²) in [6.45, 7) is 4.66. The molecule has 2 amide bonds. The van der Waals surface area contributed by atoms with E-state index in [2.05, 4.69) is 20.7 Å². The predicted molar refractivity (Wildman–Crippen MR) is 112 cm³/mol. The maximum atomic E-state index is 14.7. The van der Waals surface area contributed by atoms with E-state index in [1.54, 1.807) is 36.8 Å². The van der Waals surface area contributed by atoms with Gasteiger partial charge in [-0.15, -0.1) is 0 Å². The number of carbonyl (C=O) groups is 1. The maximum absolute atomic E-state index is 14.7. The molecule has 2 heterocycles. The van der Waals surface area contributed by atoms with Gasteiger partial charge in [-0.25, -0.2) is 9.18 Å². The molecule has 2 aromatic carbocycles. The molecule has 0 aliphatic carbocycles. The van der Waals surface area contributed by atoms with Crippen molar-refractivity contribution in [3.63, 3.8) is 0 Å². The quantitative estimate of drug-likeness (QED) is 0.503. The number of carbonyl (C=O) groups excluding carboxylic acids is 1. The molecule has 29 heavy (non-hydrogen) atoms. The Morgan fingerprint density at radius 2 is 1.97 bits per heavy atom. The van der Waals surface area contributed by atoms with Crippen molar-refractivity contribution in [1.29, 1.82) is 0 Å². The van der Waals surface area contributed by atoms with Gasteiger partial charge in [-0.3, -0.25) is 9.67 Å². The van der Waals surface area contributed by atoms with Gasteiger partial charge < -0.3 is 10.6 Å². The highest BCUT2D eigenvalue weighted by Crippen LogP contribution is 2.30. The van der Waals surface area contributed by atoms with Crippen LogP contribution >= 0.6 is 0 Å². The second-order valence-corrected chi connectivity index (χ2v) is 6.72. The van der Waals surface area contributed by atoms with Crippen LogP contribution in [0.15, 0.2) is 61.1 Å². The van der Waals surface area contributed by atoms with Gasteiger partial charge in [0.25, 0.3) is 0 Å². The first-order valence-corrected chi connectivity index (χ1v) is 9.29. The normalized spacial score (nSPS) is 10.9. The average molecular weight is 389 g/mol. The zero-order chi connectivity index (χ0) is 20.4. The second-order valence-electron chi connectivity index (χ2n) is 6.72. The van der Waals surface area contributed by atoms with E-state index in [4.69, 9.17) is 0 Å². The van der Waals surface area contributed by atoms with Crippen LogP contribution in [0.4, 0.5) is 20.6 Å². The van der Waals surface area contributed by atoms with Gasteiger partial charge in [-0.1, -0.05) is 18.2 Å². The third-order valence-corrected chi connectivity index (χ3v) is 4.67. The van der Waals surface area contributed by atoms with Crippen LogP contribution in [0.25, 0.3) is 22.0 Å². The lowest BCUT2D eigenvalue weighted by atomic mass is 10.0. The third-order valence-electron chi connectivity index (χ3n) is 4.67. The molecule has 0 fully saturated rings. The SMILES string of the molecule is CCn1ncc2c(-c3ccc(NC(=O)Nc4cccc(C)c4)c(F)c3)cncc21. The molecular formula is C22H20FN5O. The number of fused-ring (bicyclic) bond motifs is 1. The fourth-order valence-electron chi connectivity index (χ4n) is 3.26. The van der Waals surface area contributed by atoms with Crippen molar-refractivity contribution in [2.75, 3.05) is 10.6 Å². The second kappa shape index (κ2) is 7.71. The number of amides is 2. The zero-order valence-corrected chi connectivity index (χ0v) is 16.1. The Morgan fingerprint density at radius 1 is 1.10 bits per heavy atom. The van der Waals surface area contributed by atoms with E-state index in [-0.39, 0.29) is 5.69 Å². The lowest BCUT2D eigenvalue weighted by molar-refractivity contribution is 0.262. The Labute approximate surface area is 167 Å².